The lowest BCUT2D eigenvalue weighted by atomic mass is 10.0. The lowest BCUT2D eigenvalue weighted by Gasteiger charge is -2.17. The molecule has 0 spiro atoms. The van der Waals surface area contributed by atoms with E-state index in [1.54, 1.807) is 0 Å². The second-order valence-corrected chi connectivity index (χ2v) is 5.24. The van der Waals surface area contributed by atoms with Gasteiger partial charge in [0.25, 0.3) is 0 Å². The van der Waals surface area contributed by atoms with Crippen LogP contribution in [-0.2, 0) is 0 Å². The van der Waals surface area contributed by atoms with Crippen molar-refractivity contribution < 1.29 is 0 Å². The Morgan fingerprint density at radius 3 is 2.73 bits per heavy atom. The van der Waals surface area contributed by atoms with E-state index in [0.29, 0.717) is 6.04 Å². The third-order valence-electron chi connectivity index (χ3n) is 2.74. The standard InChI is InChI=1S/C9H17NS/c10-8(6-7-3-4-7)9-2-1-5-11-9/h7-9H,1-6,10H2. The van der Waals surface area contributed by atoms with Crippen LogP contribution in [0.15, 0.2) is 0 Å². The number of hydrogen-bond acceptors (Lipinski definition) is 2. The summed E-state index contributed by atoms with van der Waals surface area (Å²) < 4.78 is 0. The quantitative estimate of drug-likeness (QED) is 0.703. The van der Waals surface area contributed by atoms with Gasteiger partial charge in [0, 0.05) is 11.3 Å². The van der Waals surface area contributed by atoms with E-state index in [0.717, 1.165) is 11.2 Å². The molecule has 0 bridgehead atoms. The molecule has 1 aliphatic heterocycles. The normalized spacial score (nSPS) is 34.1. The zero-order valence-electron chi connectivity index (χ0n) is 6.96. The van der Waals surface area contributed by atoms with Crippen molar-refractivity contribution in [3.05, 3.63) is 0 Å². The fourth-order valence-corrected chi connectivity index (χ4v) is 3.16. The molecule has 2 aliphatic rings. The van der Waals surface area contributed by atoms with E-state index in [4.69, 9.17) is 5.73 Å². The van der Waals surface area contributed by atoms with Crippen LogP contribution in [0.3, 0.4) is 0 Å². The highest BCUT2D eigenvalue weighted by molar-refractivity contribution is 8.00. The zero-order valence-corrected chi connectivity index (χ0v) is 7.78. The first-order chi connectivity index (χ1) is 5.36. The van der Waals surface area contributed by atoms with E-state index in [1.165, 1.54) is 37.9 Å². The van der Waals surface area contributed by atoms with Crippen LogP contribution < -0.4 is 5.73 Å². The van der Waals surface area contributed by atoms with Gasteiger partial charge in [0.15, 0.2) is 0 Å². The van der Waals surface area contributed by atoms with Gasteiger partial charge in [0.2, 0.25) is 0 Å². The zero-order chi connectivity index (χ0) is 7.68. The van der Waals surface area contributed by atoms with E-state index in [2.05, 4.69) is 11.8 Å². The monoisotopic (exact) mass is 171 g/mol. The third kappa shape index (κ3) is 2.12. The Hall–Kier alpha value is 0.310. The Labute approximate surface area is 73.1 Å². The van der Waals surface area contributed by atoms with Crippen LogP contribution in [0.5, 0.6) is 0 Å². The van der Waals surface area contributed by atoms with Crippen molar-refractivity contribution in [2.45, 2.75) is 43.4 Å². The fraction of sp³-hybridized carbons (Fsp3) is 1.00. The Morgan fingerprint density at radius 2 is 2.18 bits per heavy atom. The second kappa shape index (κ2) is 3.36. The maximum absolute atomic E-state index is 6.10. The number of thioether (sulfide) groups is 1. The smallest absolute Gasteiger partial charge is 0.0199 e. The fourth-order valence-electron chi connectivity index (χ4n) is 1.83. The Morgan fingerprint density at radius 1 is 1.36 bits per heavy atom. The Balaban J connectivity index is 1.73. The van der Waals surface area contributed by atoms with Crippen molar-refractivity contribution in [3.63, 3.8) is 0 Å². The van der Waals surface area contributed by atoms with Crippen LogP contribution in [-0.4, -0.2) is 17.0 Å². The van der Waals surface area contributed by atoms with Gasteiger partial charge < -0.3 is 5.73 Å². The van der Waals surface area contributed by atoms with E-state index in [9.17, 15) is 0 Å². The molecule has 0 aromatic carbocycles. The second-order valence-electron chi connectivity index (χ2n) is 3.89. The van der Waals surface area contributed by atoms with E-state index in [-0.39, 0.29) is 0 Å². The van der Waals surface area contributed by atoms with E-state index in [1.807, 2.05) is 0 Å². The average molecular weight is 171 g/mol. The minimum atomic E-state index is 0.509. The lowest BCUT2D eigenvalue weighted by molar-refractivity contribution is 0.536. The summed E-state index contributed by atoms with van der Waals surface area (Å²) in [4.78, 5) is 0. The van der Waals surface area contributed by atoms with Crippen LogP contribution >= 0.6 is 11.8 Å². The summed E-state index contributed by atoms with van der Waals surface area (Å²) in [6.07, 6.45) is 6.97. The molecular formula is C9H17NS. The maximum Gasteiger partial charge on any atom is 0.0199 e. The molecular weight excluding hydrogens is 154 g/mol. The summed E-state index contributed by atoms with van der Waals surface area (Å²) in [6, 6.07) is 0.509. The van der Waals surface area contributed by atoms with E-state index >= 15 is 0 Å². The molecule has 11 heavy (non-hydrogen) atoms. The summed E-state index contributed by atoms with van der Waals surface area (Å²) in [7, 11) is 0. The van der Waals surface area contributed by atoms with Crippen LogP contribution in [0.4, 0.5) is 0 Å². The molecule has 0 aromatic rings. The van der Waals surface area contributed by atoms with Crippen molar-refractivity contribution in [3.8, 4) is 0 Å². The minimum absolute atomic E-state index is 0.509. The summed E-state index contributed by atoms with van der Waals surface area (Å²) in [5.41, 5.74) is 6.10. The molecule has 1 aliphatic carbocycles. The molecule has 2 fully saturated rings. The lowest BCUT2D eigenvalue weighted by Crippen LogP contribution is -2.31. The number of hydrogen-bond donors (Lipinski definition) is 1. The van der Waals surface area contributed by atoms with Crippen molar-refractivity contribution >= 4 is 11.8 Å². The predicted octanol–water partition coefficient (Wildman–Crippen LogP) is 2.01. The first-order valence-corrected chi connectivity index (χ1v) is 5.78. The van der Waals surface area contributed by atoms with Gasteiger partial charge in [-0.1, -0.05) is 12.8 Å². The molecule has 2 atom stereocenters. The van der Waals surface area contributed by atoms with Crippen LogP contribution in [0.1, 0.15) is 32.1 Å². The molecule has 0 aromatic heterocycles. The van der Waals surface area contributed by atoms with Crippen LogP contribution in [0.2, 0.25) is 0 Å². The van der Waals surface area contributed by atoms with Gasteiger partial charge in [-0.05, 0) is 30.9 Å². The van der Waals surface area contributed by atoms with Gasteiger partial charge in [-0.15, -0.1) is 0 Å². The molecule has 1 nitrogen and oxygen atoms in total. The van der Waals surface area contributed by atoms with Crippen LogP contribution in [0.25, 0.3) is 0 Å². The summed E-state index contributed by atoms with van der Waals surface area (Å²) in [5.74, 6) is 2.36. The molecule has 0 radical (unpaired) electrons. The first-order valence-electron chi connectivity index (χ1n) is 4.73. The highest BCUT2D eigenvalue weighted by atomic mass is 32.2. The molecule has 2 heteroatoms. The highest BCUT2D eigenvalue weighted by Gasteiger charge is 2.29. The molecule has 2 unspecified atom stereocenters. The Kier molecular flexibility index (Phi) is 2.42. The van der Waals surface area contributed by atoms with Gasteiger partial charge in [-0.25, -0.2) is 0 Å². The van der Waals surface area contributed by atoms with Crippen molar-refractivity contribution in [2.75, 3.05) is 5.75 Å². The average Bonchev–Trinajstić information content (AvgIpc) is 2.67. The van der Waals surface area contributed by atoms with Crippen molar-refractivity contribution in [1.29, 1.82) is 0 Å². The SMILES string of the molecule is NC(CC1CC1)C1CCCS1. The third-order valence-corrected chi connectivity index (χ3v) is 4.28. The molecule has 1 saturated heterocycles. The van der Waals surface area contributed by atoms with Gasteiger partial charge in [-0.3, -0.25) is 0 Å². The van der Waals surface area contributed by atoms with Gasteiger partial charge in [-0.2, -0.15) is 11.8 Å². The molecule has 1 heterocycles. The van der Waals surface area contributed by atoms with Crippen LogP contribution in [0, 0.1) is 5.92 Å². The van der Waals surface area contributed by atoms with Gasteiger partial charge in [0.1, 0.15) is 0 Å². The van der Waals surface area contributed by atoms with Crippen molar-refractivity contribution in [2.24, 2.45) is 11.7 Å². The summed E-state index contributed by atoms with van der Waals surface area (Å²) >= 11 is 2.10. The first kappa shape index (κ1) is 7.93. The topological polar surface area (TPSA) is 26.0 Å². The maximum atomic E-state index is 6.10. The molecule has 2 rings (SSSR count). The van der Waals surface area contributed by atoms with Gasteiger partial charge >= 0.3 is 0 Å². The molecule has 0 amide bonds. The summed E-state index contributed by atoms with van der Waals surface area (Å²) in [6.45, 7) is 0. The largest absolute Gasteiger partial charge is 0.327 e. The number of rotatable bonds is 3. The molecule has 1 saturated carbocycles. The van der Waals surface area contributed by atoms with E-state index < -0.39 is 0 Å². The minimum Gasteiger partial charge on any atom is -0.327 e. The summed E-state index contributed by atoms with van der Waals surface area (Å²) in [5, 5.41) is 0.801. The Bertz CT molecular complexity index is 128. The highest BCUT2D eigenvalue weighted by Crippen LogP contribution is 2.37. The van der Waals surface area contributed by atoms with Gasteiger partial charge in [0.05, 0.1) is 0 Å². The molecule has 2 N–H and O–H groups in total. The van der Waals surface area contributed by atoms with Crippen molar-refractivity contribution in [1.82, 2.24) is 0 Å². The molecule has 64 valence electrons. The predicted molar refractivity (Wildman–Crippen MR) is 50.8 cm³/mol. The number of nitrogens with two attached hydrogens (primary N) is 1.